The first kappa shape index (κ1) is 13.3. The van der Waals surface area contributed by atoms with Gasteiger partial charge in [-0.25, -0.2) is 0 Å². The zero-order valence-electron chi connectivity index (χ0n) is 10.6. The lowest BCUT2D eigenvalue weighted by atomic mass is 10.2. The first-order valence-electron chi connectivity index (χ1n) is 5.98. The van der Waals surface area contributed by atoms with E-state index in [0.717, 1.165) is 5.39 Å². The third-order valence-corrected chi connectivity index (χ3v) is 3.02. The Hall–Kier alpha value is -2.73. The molecule has 0 amide bonds. The molecular formula is C14H8ClN3O3. The minimum absolute atomic E-state index is 0.115. The van der Waals surface area contributed by atoms with Gasteiger partial charge in [-0.05, 0) is 18.2 Å². The van der Waals surface area contributed by atoms with E-state index in [2.05, 4.69) is 9.97 Å². The molecule has 3 rings (SSSR count). The summed E-state index contributed by atoms with van der Waals surface area (Å²) in [5, 5.41) is 12.0. The number of aromatic nitrogens is 2. The molecule has 0 radical (unpaired) electrons. The lowest BCUT2D eigenvalue weighted by Gasteiger charge is -2.07. The van der Waals surface area contributed by atoms with Crippen LogP contribution in [0, 0.1) is 10.1 Å². The van der Waals surface area contributed by atoms with Crippen LogP contribution >= 0.6 is 11.6 Å². The van der Waals surface area contributed by atoms with Crippen LogP contribution in [0.2, 0.25) is 5.15 Å². The molecule has 104 valence electrons. The second-order valence-electron chi connectivity index (χ2n) is 4.15. The summed E-state index contributed by atoms with van der Waals surface area (Å²) in [6.45, 7) is 0. The smallest absolute Gasteiger partial charge is 0.331 e. The number of para-hydroxylation sites is 1. The van der Waals surface area contributed by atoms with E-state index in [-0.39, 0.29) is 16.7 Å². The van der Waals surface area contributed by atoms with Gasteiger partial charge < -0.3 is 4.74 Å². The van der Waals surface area contributed by atoms with Crippen molar-refractivity contribution in [3.05, 3.63) is 63.9 Å². The van der Waals surface area contributed by atoms with Crippen LogP contribution in [0.3, 0.4) is 0 Å². The number of nitro groups is 1. The van der Waals surface area contributed by atoms with Crippen molar-refractivity contribution in [1.82, 2.24) is 9.97 Å². The molecule has 0 bridgehead atoms. The van der Waals surface area contributed by atoms with Gasteiger partial charge in [-0.1, -0.05) is 29.8 Å². The molecule has 2 heterocycles. The number of pyridine rings is 2. The maximum Gasteiger partial charge on any atom is 0.331 e. The van der Waals surface area contributed by atoms with Crippen molar-refractivity contribution in [2.45, 2.75) is 0 Å². The van der Waals surface area contributed by atoms with Crippen molar-refractivity contribution in [1.29, 1.82) is 0 Å². The van der Waals surface area contributed by atoms with Crippen molar-refractivity contribution in [3.8, 4) is 11.6 Å². The SMILES string of the molecule is O=[N+]([O-])c1ccc(Cl)nc1Oc1cccc2cccnc12. The van der Waals surface area contributed by atoms with Crippen molar-refractivity contribution in [2.75, 3.05) is 0 Å². The largest absolute Gasteiger partial charge is 0.431 e. The van der Waals surface area contributed by atoms with Gasteiger partial charge in [0.15, 0.2) is 5.75 Å². The molecule has 6 nitrogen and oxygen atoms in total. The van der Waals surface area contributed by atoms with Gasteiger partial charge in [0.05, 0.1) is 4.92 Å². The molecule has 21 heavy (non-hydrogen) atoms. The summed E-state index contributed by atoms with van der Waals surface area (Å²) in [7, 11) is 0. The van der Waals surface area contributed by atoms with Gasteiger partial charge in [0.2, 0.25) is 0 Å². The number of fused-ring (bicyclic) bond motifs is 1. The van der Waals surface area contributed by atoms with E-state index in [1.807, 2.05) is 12.1 Å². The first-order chi connectivity index (χ1) is 10.1. The van der Waals surface area contributed by atoms with Crippen LogP contribution in [0.25, 0.3) is 10.9 Å². The van der Waals surface area contributed by atoms with E-state index in [9.17, 15) is 10.1 Å². The van der Waals surface area contributed by atoms with Crippen LogP contribution in [0.5, 0.6) is 11.6 Å². The van der Waals surface area contributed by atoms with Gasteiger partial charge in [0.1, 0.15) is 10.7 Å². The molecule has 0 aliphatic carbocycles. The summed E-state index contributed by atoms with van der Waals surface area (Å²) in [4.78, 5) is 18.5. The summed E-state index contributed by atoms with van der Waals surface area (Å²) >= 11 is 5.78. The molecule has 0 saturated heterocycles. The Morgan fingerprint density at radius 3 is 2.76 bits per heavy atom. The number of halogens is 1. The minimum atomic E-state index is -0.572. The molecule has 1 aromatic carbocycles. The highest BCUT2D eigenvalue weighted by molar-refractivity contribution is 6.29. The van der Waals surface area contributed by atoms with Gasteiger partial charge in [-0.2, -0.15) is 4.98 Å². The molecule has 7 heteroatoms. The molecule has 3 aromatic rings. The number of benzene rings is 1. The molecule has 2 aromatic heterocycles. The highest BCUT2D eigenvalue weighted by Gasteiger charge is 2.19. The van der Waals surface area contributed by atoms with Gasteiger partial charge in [0.25, 0.3) is 0 Å². The lowest BCUT2D eigenvalue weighted by molar-refractivity contribution is -0.386. The monoisotopic (exact) mass is 301 g/mol. The van der Waals surface area contributed by atoms with Crippen molar-refractivity contribution < 1.29 is 9.66 Å². The van der Waals surface area contributed by atoms with Crippen LogP contribution in [-0.4, -0.2) is 14.9 Å². The van der Waals surface area contributed by atoms with E-state index >= 15 is 0 Å². The minimum Gasteiger partial charge on any atom is -0.431 e. The average molecular weight is 302 g/mol. The van der Waals surface area contributed by atoms with Crippen LogP contribution < -0.4 is 4.74 Å². The van der Waals surface area contributed by atoms with E-state index in [0.29, 0.717) is 11.3 Å². The van der Waals surface area contributed by atoms with E-state index in [1.165, 1.54) is 12.1 Å². The Balaban J connectivity index is 2.11. The fourth-order valence-electron chi connectivity index (χ4n) is 1.89. The van der Waals surface area contributed by atoms with Crippen LogP contribution in [0.4, 0.5) is 5.69 Å². The maximum atomic E-state index is 11.0. The van der Waals surface area contributed by atoms with Gasteiger partial charge >= 0.3 is 11.6 Å². The second-order valence-corrected chi connectivity index (χ2v) is 4.54. The summed E-state index contributed by atoms with van der Waals surface area (Å²) in [6.07, 6.45) is 1.62. The highest BCUT2D eigenvalue weighted by Crippen LogP contribution is 2.33. The first-order valence-corrected chi connectivity index (χ1v) is 6.35. The number of nitrogens with zero attached hydrogens (tertiary/aromatic N) is 3. The van der Waals surface area contributed by atoms with E-state index in [1.54, 1.807) is 24.4 Å². The number of ether oxygens (including phenoxy) is 1. The molecule has 0 N–H and O–H groups in total. The predicted octanol–water partition coefficient (Wildman–Crippen LogP) is 3.98. The standard InChI is InChI=1S/C14H8ClN3O3/c15-12-7-6-10(18(19)20)14(17-12)21-11-5-1-3-9-4-2-8-16-13(9)11/h1-8H. The Morgan fingerprint density at radius 2 is 1.95 bits per heavy atom. The van der Waals surface area contributed by atoms with Gasteiger partial charge in [0, 0.05) is 17.6 Å². The summed E-state index contributed by atoms with van der Waals surface area (Å²) in [6, 6.07) is 11.6. The molecule has 0 fully saturated rings. The molecule has 0 aliphatic heterocycles. The topological polar surface area (TPSA) is 78.2 Å². The van der Waals surface area contributed by atoms with Crippen LogP contribution in [-0.2, 0) is 0 Å². The molecule has 0 unspecified atom stereocenters. The third kappa shape index (κ3) is 2.61. The number of hydrogen-bond acceptors (Lipinski definition) is 5. The molecule has 0 saturated carbocycles. The summed E-state index contributed by atoms with van der Waals surface area (Å²) in [5.74, 6) is 0.219. The zero-order valence-corrected chi connectivity index (χ0v) is 11.3. The second kappa shape index (κ2) is 5.34. The number of rotatable bonds is 3. The average Bonchev–Trinajstić information content (AvgIpc) is 2.47. The van der Waals surface area contributed by atoms with Crippen LogP contribution in [0.15, 0.2) is 48.7 Å². The Morgan fingerprint density at radius 1 is 1.14 bits per heavy atom. The lowest BCUT2D eigenvalue weighted by Crippen LogP contribution is -1.97. The molecular weight excluding hydrogens is 294 g/mol. The highest BCUT2D eigenvalue weighted by atomic mass is 35.5. The summed E-state index contributed by atoms with van der Waals surface area (Å²) < 4.78 is 5.57. The van der Waals surface area contributed by atoms with E-state index in [4.69, 9.17) is 16.3 Å². The van der Waals surface area contributed by atoms with Crippen molar-refractivity contribution in [3.63, 3.8) is 0 Å². The van der Waals surface area contributed by atoms with Crippen molar-refractivity contribution in [2.24, 2.45) is 0 Å². The fourth-order valence-corrected chi connectivity index (χ4v) is 2.03. The number of hydrogen-bond donors (Lipinski definition) is 0. The Labute approximate surface area is 124 Å². The quantitative estimate of drug-likeness (QED) is 0.415. The van der Waals surface area contributed by atoms with Crippen LogP contribution in [0.1, 0.15) is 0 Å². The fraction of sp³-hybridized carbons (Fsp3) is 0. The van der Waals surface area contributed by atoms with Gasteiger partial charge in [-0.3, -0.25) is 15.1 Å². The van der Waals surface area contributed by atoms with Gasteiger partial charge in [-0.15, -0.1) is 0 Å². The molecule has 0 aliphatic rings. The maximum absolute atomic E-state index is 11.0. The zero-order chi connectivity index (χ0) is 14.8. The van der Waals surface area contributed by atoms with E-state index < -0.39 is 4.92 Å². The molecule has 0 spiro atoms. The molecule has 0 atom stereocenters. The summed E-state index contributed by atoms with van der Waals surface area (Å²) in [5.41, 5.74) is 0.336. The Bertz CT molecular complexity index is 833. The van der Waals surface area contributed by atoms with Crippen molar-refractivity contribution >= 4 is 28.2 Å². The normalized spacial score (nSPS) is 10.5. The Kier molecular flexibility index (Phi) is 3.37. The third-order valence-electron chi connectivity index (χ3n) is 2.81. The predicted molar refractivity (Wildman–Crippen MR) is 77.7 cm³/mol.